The normalized spacial score (nSPS) is 12.2. The van der Waals surface area contributed by atoms with E-state index in [-0.39, 0.29) is 25.0 Å². The second-order valence-corrected chi connectivity index (χ2v) is 3.58. The van der Waals surface area contributed by atoms with Crippen molar-refractivity contribution in [2.75, 3.05) is 6.61 Å². The SMILES string of the molecule is C[C@H](CO)NC(=O)Cc1ccc(F)c(F)c1. The van der Waals surface area contributed by atoms with Gasteiger partial charge in [-0.25, -0.2) is 8.78 Å². The highest BCUT2D eigenvalue weighted by molar-refractivity contribution is 5.78. The van der Waals surface area contributed by atoms with Crippen LogP contribution >= 0.6 is 0 Å². The van der Waals surface area contributed by atoms with Crippen molar-refractivity contribution >= 4 is 5.91 Å². The highest BCUT2D eigenvalue weighted by atomic mass is 19.2. The summed E-state index contributed by atoms with van der Waals surface area (Å²) < 4.78 is 25.4. The molecule has 0 unspecified atom stereocenters. The maximum Gasteiger partial charge on any atom is 0.224 e. The number of nitrogens with one attached hydrogen (secondary N) is 1. The molecule has 1 atom stereocenters. The Bertz CT molecular complexity index is 382. The molecule has 0 aliphatic heterocycles. The molecule has 2 N–H and O–H groups in total. The third-order valence-electron chi connectivity index (χ3n) is 2.03. The van der Waals surface area contributed by atoms with E-state index in [1.807, 2.05) is 0 Å². The van der Waals surface area contributed by atoms with Crippen LogP contribution in [0.3, 0.4) is 0 Å². The number of carbonyl (C=O) groups is 1. The Morgan fingerprint density at radius 2 is 2.12 bits per heavy atom. The van der Waals surface area contributed by atoms with Crippen LogP contribution < -0.4 is 5.32 Å². The van der Waals surface area contributed by atoms with Crippen molar-refractivity contribution in [3.05, 3.63) is 35.4 Å². The lowest BCUT2D eigenvalue weighted by Crippen LogP contribution is -2.36. The van der Waals surface area contributed by atoms with E-state index in [4.69, 9.17) is 5.11 Å². The van der Waals surface area contributed by atoms with Crippen molar-refractivity contribution in [3.8, 4) is 0 Å². The third-order valence-corrected chi connectivity index (χ3v) is 2.03. The summed E-state index contributed by atoms with van der Waals surface area (Å²) in [6.07, 6.45) is -0.0401. The first-order chi connectivity index (χ1) is 7.52. The van der Waals surface area contributed by atoms with Gasteiger partial charge in [0, 0.05) is 6.04 Å². The van der Waals surface area contributed by atoms with E-state index in [0.717, 1.165) is 12.1 Å². The van der Waals surface area contributed by atoms with Crippen LogP contribution in [-0.2, 0) is 11.2 Å². The summed E-state index contributed by atoms with van der Waals surface area (Å²) in [6, 6.07) is 2.96. The third kappa shape index (κ3) is 3.58. The Balaban J connectivity index is 2.59. The zero-order chi connectivity index (χ0) is 12.1. The predicted octanol–water partition coefficient (Wildman–Crippen LogP) is 1.00. The van der Waals surface area contributed by atoms with Crippen molar-refractivity contribution in [2.24, 2.45) is 0 Å². The van der Waals surface area contributed by atoms with Crippen LogP contribution in [0.25, 0.3) is 0 Å². The average Bonchev–Trinajstić information content (AvgIpc) is 2.23. The smallest absolute Gasteiger partial charge is 0.224 e. The van der Waals surface area contributed by atoms with Crippen LogP contribution in [0.2, 0.25) is 0 Å². The van der Waals surface area contributed by atoms with E-state index in [2.05, 4.69) is 5.32 Å². The predicted molar refractivity (Wildman–Crippen MR) is 54.8 cm³/mol. The zero-order valence-corrected chi connectivity index (χ0v) is 8.84. The van der Waals surface area contributed by atoms with Gasteiger partial charge in [-0.3, -0.25) is 4.79 Å². The fourth-order valence-corrected chi connectivity index (χ4v) is 1.21. The van der Waals surface area contributed by atoms with Crippen LogP contribution in [0.15, 0.2) is 18.2 Å². The summed E-state index contributed by atoms with van der Waals surface area (Å²) in [6.45, 7) is 1.48. The minimum Gasteiger partial charge on any atom is -0.394 e. The van der Waals surface area contributed by atoms with E-state index in [1.165, 1.54) is 6.07 Å². The monoisotopic (exact) mass is 229 g/mol. The molecule has 0 heterocycles. The lowest BCUT2D eigenvalue weighted by atomic mass is 10.1. The number of aliphatic hydroxyl groups is 1. The van der Waals surface area contributed by atoms with Crippen molar-refractivity contribution in [1.82, 2.24) is 5.32 Å². The first-order valence-electron chi connectivity index (χ1n) is 4.87. The lowest BCUT2D eigenvalue weighted by molar-refractivity contribution is -0.121. The van der Waals surface area contributed by atoms with Gasteiger partial charge in [0.2, 0.25) is 5.91 Å². The summed E-state index contributed by atoms with van der Waals surface area (Å²) in [7, 11) is 0. The molecule has 88 valence electrons. The highest BCUT2D eigenvalue weighted by Crippen LogP contribution is 2.09. The average molecular weight is 229 g/mol. The first kappa shape index (κ1) is 12.6. The summed E-state index contributed by atoms with van der Waals surface area (Å²) in [5.74, 6) is -2.25. The van der Waals surface area contributed by atoms with Crippen LogP contribution in [0.5, 0.6) is 0 Å². The number of rotatable bonds is 4. The fraction of sp³-hybridized carbons (Fsp3) is 0.364. The fourth-order valence-electron chi connectivity index (χ4n) is 1.21. The zero-order valence-electron chi connectivity index (χ0n) is 8.84. The molecule has 1 aromatic carbocycles. The standard InChI is InChI=1S/C11H13F2NO2/c1-7(6-15)14-11(16)5-8-2-3-9(12)10(13)4-8/h2-4,7,15H,5-6H2,1H3,(H,14,16)/t7-/m1/s1. The Kier molecular flexibility index (Phi) is 4.37. The van der Waals surface area contributed by atoms with Gasteiger partial charge >= 0.3 is 0 Å². The molecular weight excluding hydrogens is 216 g/mol. The molecule has 5 heteroatoms. The minimum absolute atomic E-state index is 0.0401. The second-order valence-electron chi connectivity index (χ2n) is 3.58. The number of hydrogen-bond acceptors (Lipinski definition) is 2. The van der Waals surface area contributed by atoms with Crippen molar-refractivity contribution in [3.63, 3.8) is 0 Å². The number of amides is 1. The number of benzene rings is 1. The number of hydrogen-bond donors (Lipinski definition) is 2. The topological polar surface area (TPSA) is 49.3 Å². The second kappa shape index (κ2) is 5.55. The Labute approximate surface area is 92.1 Å². The number of aliphatic hydroxyl groups excluding tert-OH is 1. The molecule has 1 rings (SSSR count). The molecule has 1 aromatic rings. The summed E-state index contributed by atoms with van der Waals surface area (Å²) in [5.41, 5.74) is 0.390. The summed E-state index contributed by atoms with van der Waals surface area (Å²) in [5, 5.41) is 11.2. The molecule has 0 fully saturated rings. The molecule has 0 saturated carbocycles. The van der Waals surface area contributed by atoms with E-state index in [9.17, 15) is 13.6 Å². The first-order valence-corrected chi connectivity index (χ1v) is 4.87. The molecule has 0 spiro atoms. The van der Waals surface area contributed by atoms with E-state index in [1.54, 1.807) is 6.92 Å². The van der Waals surface area contributed by atoms with Crippen LogP contribution in [0.4, 0.5) is 8.78 Å². The number of halogens is 2. The van der Waals surface area contributed by atoms with Gasteiger partial charge in [0.1, 0.15) is 0 Å². The van der Waals surface area contributed by atoms with Gasteiger partial charge in [-0.2, -0.15) is 0 Å². The Morgan fingerprint density at radius 3 is 2.69 bits per heavy atom. The van der Waals surface area contributed by atoms with Crippen LogP contribution in [0, 0.1) is 11.6 Å². The van der Waals surface area contributed by atoms with Gasteiger partial charge in [-0.05, 0) is 24.6 Å². The number of carbonyl (C=O) groups excluding carboxylic acids is 1. The summed E-state index contributed by atoms with van der Waals surface area (Å²) in [4.78, 5) is 11.3. The molecular formula is C11H13F2NO2. The Morgan fingerprint density at radius 1 is 1.44 bits per heavy atom. The molecule has 0 saturated heterocycles. The lowest BCUT2D eigenvalue weighted by Gasteiger charge is -2.10. The molecule has 1 amide bonds. The molecule has 0 aliphatic rings. The minimum atomic E-state index is -0.972. The maximum atomic E-state index is 12.8. The van der Waals surface area contributed by atoms with Gasteiger partial charge in [-0.15, -0.1) is 0 Å². The van der Waals surface area contributed by atoms with Gasteiger partial charge in [0.25, 0.3) is 0 Å². The largest absolute Gasteiger partial charge is 0.394 e. The summed E-state index contributed by atoms with van der Waals surface area (Å²) >= 11 is 0. The van der Waals surface area contributed by atoms with Gasteiger partial charge in [0.05, 0.1) is 13.0 Å². The molecule has 0 aromatic heterocycles. The van der Waals surface area contributed by atoms with E-state index >= 15 is 0 Å². The molecule has 0 bridgehead atoms. The van der Waals surface area contributed by atoms with Crippen LogP contribution in [-0.4, -0.2) is 23.7 Å². The highest BCUT2D eigenvalue weighted by Gasteiger charge is 2.09. The van der Waals surface area contributed by atoms with Crippen LogP contribution in [0.1, 0.15) is 12.5 Å². The van der Waals surface area contributed by atoms with Crippen molar-refractivity contribution in [1.29, 1.82) is 0 Å². The Hall–Kier alpha value is -1.49. The van der Waals surface area contributed by atoms with Crippen molar-refractivity contribution < 1.29 is 18.7 Å². The molecule has 0 radical (unpaired) electrons. The van der Waals surface area contributed by atoms with Crippen molar-refractivity contribution in [2.45, 2.75) is 19.4 Å². The quantitative estimate of drug-likeness (QED) is 0.809. The molecule has 3 nitrogen and oxygen atoms in total. The maximum absolute atomic E-state index is 12.8. The molecule has 16 heavy (non-hydrogen) atoms. The van der Waals surface area contributed by atoms with Gasteiger partial charge in [0.15, 0.2) is 11.6 Å². The molecule has 0 aliphatic carbocycles. The van der Waals surface area contributed by atoms with E-state index < -0.39 is 11.6 Å². The van der Waals surface area contributed by atoms with Gasteiger partial charge in [-0.1, -0.05) is 6.07 Å². The van der Waals surface area contributed by atoms with Gasteiger partial charge < -0.3 is 10.4 Å². The van der Waals surface area contributed by atoms with E-state index in [0.29, 0.717) is 5.56 Å².